The number of esters is 1. The van der Waals surface area contributed by atoms with E-state index in [1.54, 1.807) is 11.3 Å². The molecule has 2 rings (SSSR count). The van der Waals surface area contributed by atoms with Crippen LogP contribution in [0, 0.1) is 9.81 Å². The molecular weight excluding hydrogens is 405 g/mol. The number of nitrogens with two attached hydrogens (primary N) is 1. The molecule has 0 spiro atoms. The van der Waals surface area contributed by atoms with Crippen molar-refractivity contribution in [1.82, 2.24) is 0 Å². The fraction of sp³-hybridized carbons (Fsp3) is 0.357. The van der Waals surface area contributed by atoms with Gasteiger partial charge in [0, 0.05) is 15.8 Å². The maximum atomic E-state index is 12.2. The molecule has 0 aliphatic carbocycles. The van der Waals surface area contributed by atoms with Gasteiger partial charge >= 0.3 is 5.97 Å². The summed E-state index contributed by atoms with van der Waals surface area (Å²) in [6, 6.07) is 2.10. The molecule has 2 heterocycles. The number of thiophene rings is 2. The Labute approximate surface area is 140 Å². The molecule has 0 unspecified atom stereocenters. The number of hydrogen-bond acceptors (Lipinski definition) is 5. The van der Waals surface area contributed by atoms with E-state index in [4.69, 9.17) is 10.5 Å². The summed E-state index contributed by atoms with van der Waals surface area (Å²) in [4.78, 5) is 13.7. The van der Waals surface area contributed by atoms with Crippen molar-refractivity contribution < 1.29 is 9.53 Å². The smallest absolute Gasteiger partial charge is 0.351 e. The lowest BCUT2D eigenvalue weighted by Gasteiger charge is -2.19. The van der Waals surface area contributed by atoms with Crippen LogP contribution in [0.25, 0.3) is 10.4 Å². The minimum absolute atomic E-state index is 0.348. The summed E-state index contributed by atoms with van der Waals surface area (Å²) in [6.07, 6.45) is 0. The lowest BCUT2D eigenvalue weighted by molar-refractivity contribution is 0.00763. The lowest BCUT2D eigenvalue weighted by Crippen LogP contribution is -2.23. The SMILES string of the molecule is Cc1c(-c2csc(I)c2)sc(C(=O)OC(C)(C)C)c1N. The van der Waals surface area contributed by atoms with Gasteiger partial charge in [0.1, 0.15) is 10.5 Å². The highest BCUT2D eigenvalue weighted by Gasteiger charge is 2.24. The standard InChI is InChI=1S/C14H16INO2S2/c1-7-10(16)12(13(17)18-14(2,3)4)20-11(7)8-5-9(15)19-6-8/h5-6H,16H2,1-4H3. The van der Waals surface area contributed by atoms with Crippen LogP contribution >= 0.6 is 45.3 Å². The number of carbonyl (C=O) groups excluding carboxylic acids is 1. The van der Waals surface area contributed by atoms with Crippen LogP contribution in [0.15, 0.2) is 11.4 Å². The molecule has 2 aromatic rings. The van der Waals surface area contributed by atoms with Gasteiger partial charge in [-0.05, 0) is 61.9 Å². The largest absolute Gasteiger partial charge is 0.456 e. The van der Waals surface area contributed by atoms with Crippen LogP contribution in [0.4, 0.5) is 5.69 Å². The first-order valence-corrected chi connectivity index (χ1v) is 8.83. The van der Waals surface area contributed by atoms with Crippen molar-refractivity contribution >= 4 is 56.9 Å². The Bertz CT molecular complexity index is 653. The predicted octanol–water partition coefficient (Wildman–Crippen LogP) is 4.93. The molecule has 3 nitrogen and oxygen atoms in total. The first-order valence-electron chi connectivity index (χ1n) is 6.05. The summed E-state index contributed by atoms with van der Waals surface area (Å²) in [7, 11) is 0. The van der Waals surface area contributed by atoms with Crippen molar-refractivity contribution in [3.63, 3.8) is 0 Å². The maximum Gasteiger partial charge on any atom is 0.351 e. The summed E-state index contributed by atoms with van der Waals surface area (Å²) < 4.78 is 6.62. The third kappa shape index (κ3) is 3.35. The first kappa shape index (κ1) is 15.8. The van der Waals surface area contributed by atoms with Crippen LogP contribution in [-0.2, 0) is 4.74 Å². The van der Waals surface area contributed by atoms with E-state index in [-0.39, 0.29) is 5.97 Å². The topological polar surface area (TPSA) is 52.3 Å². The fourth-order valence-electron chi connectivity index (χ4n) is 1.71. The van der Waals surface area contributed by atoms with Gasteiger partial charge < -0.3 is 10.5 Å². The van der Waals surface area contributed by atoms with Crippen molar-refractivity contribution in [2.24, 2.45) is 0 Å². The van der Waals surface area contributed by atoms with Crippen LogP contribution in [0.3, 0.4) is 0 Å². The van der Waals surface area contributed by atoms with Crippen molar-refractivity contribution in [3.05, 3.63) is 24.8 Å². The van der Waals surface area contributed by atoms with Crippen LogP contribution < -0.4 is 5.73 Å². The quantitative estimate of drug-likeness (QED) is 0.553. The number of hydrogen-bond donors (Lipinski definition) is 1. The molecule has 0 aromatic carbocycles. The van der Waals surface area contributed by atoms with E-state index < -0.39 is 5.60 Å². The Hall–Kier alpha value is -0.600. The van der Waals surface area contributed by atoms with Gasteiger partial charge in [-0.3, -0.25) is 0 Å². The van der Waals surface area contributed by atoms with Gasteiger partial charge in [0.2, 0.25) is 0 Å². The number of ether oxygens (including phenoxy) is 1. The van der Waals surface area contributed by atoms with E-state index in [0.29, 0.717) is 10.6 Å². The van der Waals surface area contributed by atoms with E-state index >= 15 is 0 Å². The van der Waals surface area contributed by atoms with Crippen molar-refractivity contribution in [2.45, 2.75) is 33.3 Å². The number of rotatable bonds is 2. The molecule has 0 saturated carbocycles. The number of anilines is 1. The average molecular weight is 421 g/mol. The molecule has 0 fully saturated rings. The van der Waals surface area contributed by atoms with E-state index in [2.05, 4.69) is 34.0 Å². The molecule has 0 amide bonds. The summed E-state index contributed by atoms with van der Waals surface area (Å²) in [5.41, 5.74) is 8.16. The first-order chi connectivity index (χ1) is 9.19. The monoisotopic (exact) mass is 421 g/mol. The number of carbonyl (C=O) groups is 1. The van der Waals surface area contributed by atoms with Gasteiger partial charge in [0.05, 0.1) is 8.57 Å². The Morgan fingerprint density at radius 2 is 2.05 bits per heavy atom. The van der Waals surface area contributed by atoms with Crippen molar-refractivity contribution in [1.29, 1.82) is 0 Å². The lowest BCUT2D eigenvalue weighted by atomic mass is 10.1. The van der Waals surface area contributed by atoms with Gasteiger partial charge in [-0.25, -0.2) is 4.79 Å². The summed E-state index contributed by atoms with van der Waals surface area (Å²) in [5.74, 6) is -0.348. The summed E-state index contributed by atoms with van der Waals surface area (Å²) in [5, 5.41) is 2.08. The molecule has 0 aliphatic heterocycles. The van der Waals surface area contributed by atoms with E-state index in [1.807, 2.05) is 27.7 Å². The predicted molar refractivity (Wildman–Crippen MR) is 94.7 cm³/mol. The Balaban J connectivity index is 2.40. The number of halogens is 1. The molecule has 0 atom stereocenters. The van der Waals surface area contributed by atoms with Crippen molar-refractivity contribution in [3.8, 4) is 10.4 Å². The van der Waals surface area contributed by atoms with Gasteiger partial charge in [-0.15, -0.1) is 22.7 Å². The average Bonchev–Trinajstić information content (AvgIpc) is 2.83. The molecule has 2 N–H and O–H groups in total. The summed E-state index contributed by atoms with van der Waals surface area (Å²) >= 11 is 5.37. The second kappa shape index (κ2) is 5.65. The van der Waals surface area contributed by atoms with Crippen LogP contribution in [0.5, 0.6) is 0 Å². The highest BCUT2D eigenvalue weighted by Crippen LogP contribution is 2.40. The third-order valence-electron chi connectivity index (χ3n) is 2.61. The molecule has 0 radical (unpaired) electrons. The Morgan fingerprint density at radius 3 is 2.55 bits per heavy atom. The molecule has 0 bridgehead atoms. The van der Waals surface area contributed by atoms with Crippen molar-refractivity contribution in [2.75, 3.05) is 5.73 Å². The zero-order valence-electron chi connectivity index (χ0n) is 11.7. The fourth-order valence-corrected chi connectivity index (χ4v) is 4.21. The maximum absolute atomic E-state index is 12.2. The van der Waals surface area contributed by atoms with E-state index in [9.17, 15) is 4.79 Å². The van der Waals surface area contributed by atoms with E-state index in [1.165, 1.54) is 14.2 Å². The second-order valence-electron chi connectivity index (χ2n) is 5.44. The molecule has 6 heteroatoms. The molecule has 0 aliphatic rings. The Kier molecular flexibility index (Phi) is 4.46. The van der Waals surface area contributed by atoms with Crippen LogP contribution in [-0.4, -0.2) is 11.6 Å². The normalized spacial score (nSPS) is 11.7. The van der Waals surface area contributed by atoms with Crippen LogP contribution in [0.1, 0.15) is 36.0 Å². The minimum Gasteiger partial charge on any atom is -0.456 e. The van der Waals surface area contributed by atoms with E-state index in [0.717, 1.165) is 16.0 Å². The highest BCUT2D eigenvalue weighted by atomic mass is 127. The molecule has 20 heavy (non-hydrogen) atoms. The molecule has 2 aromatic heterocycles. The zero-order valence-corrected chi connectivity index (χ0v) is 15.5. The number of nitrogen functional groups attached to an aromatic ring is 1. The van der Waals surface area contributed by atoms with Gasteiger partial charge in [-0.1, -0.05) is 0 Å². The third-order valence-corrected chi connectivity index (χ3v) is 5.73. The van der Waals surface area contributed by atoms with Crippen LogP contribution in [0.2, 0.25) is 0 Å². The summed E-state index contributed by atoms with van der Waals surface area (Å²) in [6.45, 7) is 7.50. The molecule has 108 valence electrons. The minimum atomic E-state index is -0.515. The molecular formula is C14H16INO2S2. The second-order valence-corrected chi connectivity index (χ2v) is 9.27. The molecule has 0 saturated heterocycles. The highest BCUT2D eigenvalue weighted by molar-refractivity contribution is 14.1. The van der Waals surface area contributed by atoms with Gasteiger partial charge in [0.25, 0.3) is 0 Å². The van der Waals surface area contributed by atoms with Gasteiger partial charge in [0.15, 0.2) is 0 Å². The van der Waals surface area contributed by atoms with Gasteiger partial charge in [-0.2, -0.15) is 0 Å². The Morgan fingerprint density at radius 1 is 1.40 bits per heavy atom. The zero-order chi connectivity index (χ0) is 15.1.